The summed E-state index contributed by atoms with van der Waals surface area (Å²) in [5.41, 5.74) is 6.60. The zero-order chi connectivity index (χ0) is 14.5. The molecule has 0 saturated heterocycles. The van der Waals surface area contributed by atoms with Crippen LogP contribution in [-0.2, 0) is 0 Å². The molecule has 1 fully saturated rings. The van der Waals surface area contributed by atoms with Gasteiger partial charge in [-0.3, -0.25) is 0 Å². The Morgan fingerprint density at radius 3 is 2.75 bits per heavy atom. The quantitative estimate of drug-likeness (QED) is 0.842. The fourth-order valence-corrected chi connectivity index (χ4v) is 2.89. The van der Waals surface area contributed by atoms with Crippen molar-refractivity contribution >= 4 is 0 Å². The minimum Gasteiger partial charge on any atom is -0.490 e. The molecule has 0 spiro atoms. The van der Waals surface area contributed by atoms with Crippen LogP contribution in [0.2, 0.25) is 0 Å². The number of hydrogen-bond donors (Lipinski definition) is 2. The summed E-state index contributed by atoms with van der Waals surface area (Å²) in [6.45, 7) is 2.02. The fourth-order valence-electron chi connectivity index (χ4n) is 2.89. The van der Waals surface area contributed by atoms with Crippen molar-refractivity contribution in [2.75, 3.05) is 6.61 Å². The number of hydrogen-bond acceptors (Lipinski definition) is 3. The molecule has 20 heavy (non-hydrogen) atoms. The molecule has 1 aliphatic carbocycles. The predicted molar refractivity (Wildman–Crippen MR) is 77.1 cm³/mol. The van der Waals surface area contributed by atoms with Crippen LogP contribution in [0.5, 0.6) is 5.75 Å². The van der Waals surface area contributed by atoms with Gasteiger partial charge in [-0.1, -0.05) is 31.7 Å². The zero-order valence-corrected chi connectivity index (χ0v) is 12.0. The lowest BCUT2D eigenvalue weighted by molar-refractivity contribution is 0.0848. The summed E-state index contributed by atoms with van der Waals surface area (Å²) in [5, 5.41) is 10.0. The molecule has 1 aliphatic rings. The van der Waals surface area contributed by atoms with Crippen molar-refractivity contribution < 1.29 is 14.2 Å². The monoisotopic (exact) mass is 281 g/mol. The molecule has 1 saturated carbocycles. The molecular formula is C16H24FNO2. The SMILES string of the molecule is C[C@@H](N)c1ccc(F)cc1OCC(O)CC1CCCC1. The number of aliphatic hydroxyl groups is 1. The van der Waals surface area contributed by atoms with E-state index in [1.807, 2.05) is 6.92 Å². The first-order valence-corrected chi connectivity index (χ1v) is 7.42. The molecule has 2 rings (SSSR count). The van der Waals surface area contributed by atoms with E-state index in [1.165, 1.54) is 37.8 Å². The molecule has 0 aromatic heterocycles. The van der Waals surface area contributed by atoms with Gasteiger partial charge < -0.3 is 15.6 Å². The van der Waals surface area contributed by atoms with Crippen LogP contribution in [-0.4, -0.2) is 17.8 Å². The largest absolute Gasteiger partial charge is 0.490 e. The number of nitrogens with two attached hydrogens (primary N) is 1. The van der Waals surface area contributed by atoms with Gasteiger partial charge in [-0.2, -0.15) is 0 Å². The highest BCUT2D eigenvalue weighted by Crippen LogP contribution is 2.29. The average molecular weight is 281 g/mol. The van der Waals surface area contributed by atoms with E-state index in [0.717, 1.165) is 12.0 Å². The Balaban J connectivity index is 1.90. The lowest BCUT2D eigenvalue weighted by atomic mass is 10.0. The van der Waals surface area contributed by atoms with E-state index < -0.39 is 6.10 Å². The highest BCUT2D eigenvalue weighted by molar-refractivity contribution is 5.36. The van der Waals surface area contributed by atoms with Gasteiger partial charge in [0.25, 0.3) is 0 Å². The van der Waals surface area contributed by atoms with Crippen LogP contribution in [0.15, 0.2) is 18.2 Å². The standard InChI is InChI=1S/C16H24FNO2/c1-11(18)15-7-6-13(17)9-16(15)20-10-14(19)8-12-4-2-3-5-12/h6-7,9,11-12,14,19H,2-5,8,10,18H2,1H3/t11-,14?/m1/s1. The molecule has 0 radical (unpaired) electrons. The zero-order valence-electron chi connectivity index (χ0n) is 12.0. The highest BCUT2D eigenvalue weighted by Gasteiger charge is 2.19. The molecule has 3 N–H and O–H groups in total. The van der Waals surface area contributed by atoms with Crippen LogP contribution in [0.4, 0.5) is 4.39 Å². The van der Waals surface area contributed by atoms with Crippen molar-refractivity contribution in [1.82, 2.24) is 0 Å². The Kier molecular flexibility index (Phi) is 5.38. The second kappa shape index (κ2) is 7.04. The van der Waals surface area contributed by atoms with Crippen molar-refractivity contribution in [3.05, 3.63) is 29.6 Å². The first kappa shape index (κ1) is 15.3. The summed E-state index contributed by atoms with van der Waals surface area (Å²) < 4.78 is 18.9. The summed E-state index contributed by atoms with van der Waals surface area (Å²) in [6, 6.07) is 4.12. The summed E-state index contributed by atoms with van der Waals surface area (Å²) >= 11 is 0. The molecular weight excluding hydrogens is 257 g/mol. The molecule has 0 aliphatic heterocycles. The Morgan fingerprint density at radius 2 is 2.10 bits per heavy atom. The summed E-state index contributed by atoms with van der Waals surface area (Å²) in [6.07, 6.45) is 5.18. The van der Waals surface area contributed by atoms with Crippen LogP contribution >= 0.6 is 0 Å². The maximum atomic E-state index is 13.3. The topological polar surface area (TPSA) is 55.5 Å². The Morgan fingerprint density at radius 1 is 1.40 bits per heavy atom. The molecule has 0 bridgehead atoms. The Bertz CT molecular complexity index is 430. The van der Waals surface area contributed by atoms with Crippen molar-refractivity contribution in [2.24, 2.45) is 11.7 Å². The van der Waals surface area contributed by atoms with Gasteiger partial charge in [0.2, 0.25) is 0 Å². The van der Waals surface area contributed by atoms with Crippen LogP contribution in [0, 0.1) is 11.7 Å². The predicted octanol–water partition coefficient (Wildman–Crippen LogP) is 3.17. The van der Waals surface area contributed by atoms with Crippen LogP contribution in [0.25, 0.3) is 0 Å². The Hall–Kier alpha value is -1.13. The van der Waals surface area contributed by atoms with Crippen molar-refractivity contribution in [3.63, 3.8) is 0 Å². The Labute approximate surface area is 119 Å². The van der Waals surface area contributed by atoms with E-state index in [1.54, 1.807) is 6.07 Å². The average Bonchev–Trinajstić information content (AvgIpc) is 2.89. The number of benzene rings is 1. The van der Waals surface area contributed by atoms with E-state index in [0.29, 0.717) is 11.7 Å². The molecule has 112 valence electrons. The molecule has 3 nitrogen and oxygen atoms in total. The lowest BCUT2D eigenvalue weighted by Gasteiger charge is -2.18. The van der Waals surface area contributed by atoms with Crippen LogP contribution in [0.1, 0.15) is 50.6 Å². The molecule has 0 heterocycles. The molecule has 1 unspecified atom stereocenters. The van der Waals surface area contributed by atoms with Gasteiger partial charge in [0.05, 0.1) is 6.10 Å². The van der Waals surface area contributed by atoms with Gasteiger partial charge in [0, 0.05) is 17.7 Å². The van der Waals surface area contributed by atoms with Crippen LogP contribution < -0.4 is 10.5 Å². The van der Waals surface area contributed by atoms with Gasteiger partial charge in [0.1, 0.15) is 18.2 Å². The summed E-state index contributed by atoms with van der Waals surface area (Å²) in [5.74, 6) is 0.689. The smallest absolute Gasteiger partial charge is 0.127 e. The maximum Gasteiger partial charge on any atom is 0.127 e. The van der Waals surface area contributed by atoms with Crippen molar-refractivity contribution in [1.29, 1.82) is 0 Å². The molecule has 0 amide bonds. The molecule has 2 atom stereocenters. The van der Waals surface area contributed by atoms with Gasteiger partial charge in [-0.05, 0) is 25.3 Å². The van der Waals surface area contributed by atoms with Gasteiger partial charge in [-0.15, -0.1) is 0 Å². The van der Waals surface area contributed by atoms with Gasteiger partial charge in [0.15, 0.2) is 0 Å². The minimum absolute atomic E-state index is 0.194. The third-order valence-electron chi connectivity index (χ3n) is 3.98. The summed E-state index contributed by atoms with van der Waals surface area (Å²) in [7, 11) is 0. The van der Waals surface area contributed by atoms with Crippen molar-refractivity contribution in [2.45, 2.75) is 51.2 Å². The van der Waals surface area contributed by atoms with E-state index in [-0.39, 0.29) is 18.5 Å². The second-order valence-electron chi connectivity index (χ2n) is 5.82. The van der Waals surface area contributed by atoms with E-state index in [4.69, 9.17) is 10.5 Å². The molecule has 4 heteroatoms. The van der Waals surface area contributed by atoms with E-state index >= 15 is 0 Å². The highest BCUT2D eigenvalue weighted by atomic mass is 19.1. The number of halogens is 1. The number of aliphatic hydroxyl groups excluding tert-OH is 1. The molecule has 1 aromatic rings. The van der Waals surface area contributed by atoms with Gasteiger partial charge >= 0.3 is 0 Å². The normalized spacial score (nSPS) is 19.0. The van der Waals surface area contributed by atoms with E-state index in [2.05, 4.69) is 0 Å². The number of ether oxygens (including phenoxy) is 1. The third-order valence-corrected chi connectivity index (χ3v) is 3.98. The fraction of sp³-hybridized carbons (Fsp3) is 0.625. The first-order valence-electron chi connectivity index (χ1n) is 7.42. The molecule has 1 aromatic carbocycles. The lowest BCUT2D eigenvalue weighted by Crippen LogP contribution is -2.21. The second-order valence-corrected chi connectivity index (χ2v) is 5.82. The third kappa shape index (κ3) is 4.18. The van der Waals surface area contributed by atoms with Crippen molar-refractivity contribution in [3.8, 4) is 5.75 Å². The summed E-state index contributed by atoms with van der Waals surface area (Å²) in [4.78, 5) is 0. The van der Waals surface area contributed by atoms with Gasteiger partial charge in [-0.25, -0.2) is 4.39 Å². The number of rotatable bonds is 6. The first-order chi connectivity index (χ1) is 9.56. The van der Waals surface area contributed by atoms with Crippen LogP contribution in [0.3, 0.4) is 0 Å². The maximum absolute atomic E-state index is 13.3. The van der Waals surface area contributed by atoms with E-state index in [9.17, 15) is 9.50 Å². The minimum atomic E-state index is -0.498.